The Bertz CT molecular complexity index is 78.8. The van der Waals surface area contributed by atoms with Gasteiger partial charge in [-0.25, -0.2) is 0 Å². The van der Waals surface area contributed by atoms with Crippen molar-refractivity contribution in [2.24, 2.45) is 0 Å². The molecule has 0 unspecified atom stereocenters. The van der Waals surface area contributed by atoms with Crippen LogP contribution < -0.4 is 4.90 Å². The highest BCUT2D eigenvalue weighted by atomic mass is 19.4. The van der Waals surface area contributed by atoms with Gasteiger partial charge in [0.25, 0.3) is 0 Å². The number of rotatable bonds is 2. The van der Waals surface area contributed by atoms with Gasteiger partial charge in [-0.2, -0.15) is 18.1 Å². The molecule has 0 spiro atoms. The Morgan fingerprint density at radius 3 is 1.89 bits per heavy atom. The van der Waals surface area contributed by atoms with E-state index in [1.54, 1.807) is 6.92 Å². The Morgan fingerprint density at radius 2 is 1.78 bits per heavy atom. The molecule has 55 valence electrons. The highest BCUT2D eigenvalue weighted by molar-refractivity contribution is 4.60. The summed E-state index contributed by atoms with van der Waals surface area (Å²) in [6, 6.07) is 0. The average molecular weight is 141 g/mol. The number of hydrogen-bond donors (Lipinski definition) is 0. The Hall–Kier alpha value is -0.250. The zero-order valence-corrected chi connectivity index (χ0v) is 5.50. The van der Waals surface area contributed by atoms with Crippen molar-refractivity contribution >= 4 is 0 Å². The number of alkyl halides is 3. The van der Waals surface area contributed by atoms with Gasteiger partial charge in [0.1, 0.15) is 13.6 Å². The summed E-state index contributed by atoms with van der Waals surface area (Å²) in [4.78, 5) is 1.21. The lowest BCUT2D eigenvalue weighted by Gasteiger charge is -2.06. The van der Waals surface area contributed by atoms with Crippen LogP contribution in [0.3, 0.4) is 0 Å². The van der Waals surface area contributed by atoms with E-state index in [0.717, 1.165) is 0 Å². The highest BCUT2D eigenvalue weighted by Crippen LogP contribution is 2.13. The summed E-state index contributed by atoms with van der Waals surface area (Å²) >= 11 is 0. The molecular weight excluding hydrogens is 131 g/mol. The van der Waals surface area contributed by atoms with Gasteiger partial charge in [0.15, 0.2) is 0 Å². The molecule has 0 saturated heterocycles. The molecule has 0 bridgehead atoms. The van der Waals surface area contributed by atoms with Gasteiger partial charge in [0.05, 0.1) is 0 Å². The minimum atomic E-state index is -4.05. The van der Waals surface area contributed by atoms with Gasteiger partial charge >= 0.3 is 6.18 Å². The van der Waals surface area contributed by atoms with Crippen LogP contribution in [0.5, 0.6) is 0 Å². The molecule has 0 aromatic carbocycles. The number of nitrogens with zero attached hydrogens (tertiary/aromatic N) is 1. The first kappa shape index (κ1) is 8.75. The van der Waals surface area contributed by atoms with Crippen molar-refractivity contribution < 1.29 is 13.2 Å². The van der Waals surface area contributed by atoms with Crippen LogP contribution in [-0.2, 0) is 0 Å². The van der Waals surface area contributed by atoms with Gasteiger partial charge in [-0.1, -0.05) is 0 Å². The van der Waals surface area contributed by atoms with Crippen molar-refractivity contribution in [1.82, 2.24) is 4.90 Å². The average Bonchev–Trinajstić information content (AvgIpc) is 1.62. The van der Waals surface area contributed by atoms with Crippen molar-refractivity contribution in [1.29, 1.82) is 0 Å². The van der Waals surface area contributed by atoms with E-state index < -0.39 is 12.7 Å². The summed E-state index contributed by atoms with van der Waals surface area (Å²) in [7, 11) is 1.44. The Morgan fingerprint density at radius 1 is 1.33 bits per heavy atom. The molecule has 0 aliphatic carbocycles. The third-order valence-corrected chi connectivity index (χ3v) is 0.989. The predicted octanol–water partition coefficient (Wildman–Crippen LogP) is 1.34. The third kappa shape index (κ3) is 5.62. The number of hydrogen-bond acceptors (Lipinski definition) is 1. The molecule has 0 N–H and O–H groups in total. The van der Waals surface area contributed by atoms with Crippen LogP contribution in [0.15, 0.2) is 0 Å². The lowest BCUT2D eigenvalue weighted by molar-refractivity contribution is -0.132. The molecule has 0 rings (SSSR count). The first-order valence-corrected chi connectivity index (χ1v) is 2.71. The quantitative estimate of drug-likeness (QED) is 0.512. The maximum absolute atomic E-state index is 11.5. The molecule has 0 aromatic rings. The van der Waals surface area contributed by atoms with Gasteiger partial charge in [-0.05, 0) is 6.92 Å². The minimum absolute atomic E-state index is 0.430. The largest absolute Gasteiger partial charge is 0.443 e. The SMILES string of the molecule is CC[N+](C)CC(F)(F)F. The second kappa shape index (κ2) is 3.06. The van der Waals surface area contributed by atoms with Crippen LogP contribution in [0.4, 0.5) is 13.2 Å². The molecule has 0 atom stereocenters. The second-order valence-electron chi connectivity index (χ2n) is 1.95. The van der Waals surface area contributed by atoms with E-state index in [2.05, 4.69) is 0 Å². The predicted molar refractivity (Wildman–Crippen MR) is 29.5 cm³/mol. The summed E-state index contributed by atoms with van der Waals surface area (Å²) < 4.78 is 34.4. The molecule has 0 aromatic heterocycles. The Balaban J connectivity index is 3.47. The molecule has 0 heterocycles. The van der Waals surface area contributed by atoms with Crippen LogP contribution in [0, 0.1) is 0 Å². The summed E-state index contributed by atoms with van der Waals surface area (Å²) in [5.41, 5.74) is 0. The molecule has 0 fully saturated rings. The molecule has 1 nitrogen and oxygen atoms in total. The summed E-state index contributed by atoms with van der Waals surface area (Å²) in [5.74, 6) is 0. The van der Waals surface area contributed by atoms with E-state index in [0.29, 0.717) is 6.54 Å². The van der Waals surface area contributed by atoms with Crippen LogP contribution in [0.1, 0.15) is 6.92 Å². The fraction of sp³-hybridized carbons (Fsp3) is 1.00. The Kier molecular flexibility index (Phi) is 2.97. The lowest BCUT2D eigenvalue weighted by atomic mass is 10.5. The zero-order valence-electron chi connectivity index (χ0n) is 5.50. The van der Waals surface area contributed by atoms with E-state index in [9.17, 15) is 13.2 Å². The molecule has 4 heteroatoms. The summed E-state index contributed by atoms with van der Waals surface area (Å²) in [5, 5.41) is 0. The van der Waals surface area contributed by atoms with Crippen molar-refractivity contribution in [2.75, 3.05) is 20.1 Å². The first-order chi connectivity index (χ1) is 3.95. The fourth-order valence-corrected chi connectivity index (χ4v) is 0.418. The van der Waals surface area contributed by atoms with E-state index in [1.807, 2.05) is 0 Å². The van der Waals surface area contributed by atoms with E-state index in [4.69, 9.17) is 0 Å². The van der Waals surface area contributed by atoms with Crippen molar-refractivity contribution in [3.63, 3.8) is 0 Å². The molecule has 9 heavy (non-hydrogen) atoms. The summed E-state index contributed by atoms with van der Waals surface area (Å²) in [6.07, 6.45) is -4.05. The zero-order chi connectivity index (χ0) is 7.49. The van der Waals surface area contributed by atoms with Gasteiger partial charge in [-0.15, -0.1) is 0 Å². The molecule has 1 radical (unpaired) electrons. The van der Waals surface area contributed by atoms with Crippen LogP contribution in [-0.4, -0.2) is 26.3 Å². The van der Waals surface area contributed by atoms with Crippen molar-refractivity contribution in [3.05, 3.63) is 0 Å². The monoisotopic (exact) mass is 141 g/mol. The van der Waals surface area contributed by atoms with Crippen LogP contribution in [0.2, 0.25) is 0 Å². The maximum atomic E-state index is 11.5. The van der Waals surface area contributed by atoms with Crippen molar-refractivity contribution in [3.8, 4) is 0 Å². The first-order valence-electron chi connectivity index (χ1n) is 2.71. The van der Waals surface area contributed by atoms with Gasteiger partial charge in [-0.3, -0.25) is 0 Å². The van der Waals surface area contributed by atoms with E-state index in [1.165, 1.54) is 11.9 Å². The van der Waals surface area contributed by atoms with Crippen LogP contribution >= 0.6 is 0 Å². The smallest absolute Gasteiger partial charge is 0.165 e. The molecule has 0 aliphatic heterocycles. The van der Waals surface area contributed by atoms with Gasteiger partial charge < -0.3 is 0 Å². The standard InChI is InChI=1S/C5H10F3N/c1-3-9(2)4-5(6,7)8/h3-4H2,1-2H3/q+1. The van der Waals surface area contributed by atoms with Gasteiger partial charge in [0, 0.05) is 0 Å². The fourth-order valence-electron chi connectivity index (χ4n) is 0.418. The minimum Gasteiger partial charge on any atom is -0.165 e. The van der Waals surface area contributed by atoms with Crippen molar-refractivity contribution in [2.45, 2.75) is 13.1 Å². The van der Waals surface area contributed by atoms with Crippen LogP contribution in [0.25, 0.3) is 0 Å². The van der Waals surface area contributed by atoms with E-state index in [-0.39, 0.29) is 0 Å². The highest BCUT2D eigenvalue weighted by Gasteiger charge is 2.34. The lowest BCUT2D eigenvalue weighted by Crippen LogP contribution is -2.35. The van der Waals surface area contributed by atoms with Gasteiger partial charge in [0.2, 0.25) is 6.54 Å². The molecular formula is C5H10F3N+. The maximum Gasteiger partial charge on any atom is 0.443 e. The third-order valence-electron chi connectivity index (χ3n) is 0.989. The molecule has 0 amide bonds. The number of halogens is 3. The topological polar surface area (TPSA) is 5.90 Å². The molecule has 0 saturated carbocycles. The molecule has 0 aliphatic rings. The normalized spacial score (nSPS) is 12.7. The second-order valence-corrected chi connectivity index (χ2v) is 1.95. The van der Waals surface area contributed by atoms with E-state index >= 15 is 0 Å². The summed E-state index contributed by atoms with van der Waals surface area (Å²) in [6.45, 7) is 1.30. The Labute approximate surface area is 52.5 Å².